The summed E-state index contributed by atoms with van der Waals surface area (Å²) < 4.78 is 5.01. The Kier molecular flexibility index (Phi) is 4.95. The van der Waals surface area contributed by atoms with Crippen LogP contribution in [0.25, 0.3) is 0 Å². The van der Waals surface area contributed by atoms with Crippen LogP contribution in [0.2, 0.25) is 0 Å². The predicted octanol–water partition coefficient (Wildman–Crippen LogP) is 3.26. The molecule has 0 unspecified atom stereocenters. The van der Waals surface area contributed by atoms with Gasteiger partial charge in [-0.25, -0.2) is 0 Å². The van der Waals surface area contributed by atoms with Crippen LogP contribution in [0.15, 0.2) is 47.1 Å². The molecule has 2 amide bonds. The van der Waals surface area contributed by atoms with E-state index in [1.807, 2.05) is 0 Å². The number of furan rings is 1. The number of nitrogens with one attached hydrogen (secondary N) is 2. The van der Waals surface area contributed by atoms with Gasteiger partial charge in [0.1, 0.15) is 0 Å². The first-order chi connectivity index (χ1) is 9.69. The molecule has 104 valence electrons. The standard InChI is InChI=1S/C14H13BrN2O3/c15-7-6-13(18)16-10-3-1-4-11(9-10)17-14(19)12-5-2-8-20-12/h1-5,8-9H,6-7H2,(H,16,18)(H,17,19). The van der Waals surface area contributed by atoms with Gasteiger partial charge < -0.3 is 15.1 Å². The first kappa shape index (κ1) is 14.3. The SMILES string of the molecule is O=C(CCBr)Nc1cccc(NC(=O)c2ccco2)c1. The highest BCUT2D eigenvalue weighted by atomic mass is 79.9. The van der Waals surface area contributed by atoms with E-state index in [2.05, 4.69) is 26.6 Å². The Morgan fingerprint density at radius 3 is 2.50 bits per heavy atom. The fourth-order valence-corrected chi connectivity index (χ4v) is 1.94. The molecule has 0 spiro atoms. The molecule has 0 fully saturated rings. The molecule has 2 N–H and O–H groups in total. The molecule has 0 atom stereocenters. The zero-order valence-corrected chi connectivity index (χ0v) is 12.1. The molecule has 0 aliphatic carbocycles. The Hall–Kier alpha value is -2.08. The normalized spacial score (nSPS) is 10.1. The number of hydrogen-bond acceptors (Lipinski definition) is 3. The third kappa shape index (κ3) is 3.96. The summed E-state index contributed by atoms with van der Waals surface area (Å²) in [6.07, 6.45) is 1.83. The number of carbonyl (C=O) groups is 2. The average molecular weight is 337 g/mol. The summed E-state index contributed by atoms with van der Waals surface area (Å²) in [7, 11) is 0. The average Bonchev–Trinajstić information content (AvgIpc) is 2.93. The van der Waals surface area contributed by atoms with Gasteiger partial charge in [0.05, 0.1) is 6.26 Å². The molecule has 5 nitrogen and oxygen atoms in total. The van der Waals surface area contributed by atoms with Gasteiger partial charge in [0.15, 0.2) is 5.76 Å². The first-order valence-corrected chi connectivity index (χ1v) is 7.12. The Morgan fingerprint density at radius 2 is 1.85 bits per heavy atom. The van der Waals surface area contributed by atoms with Crippen LogP contribution in [0.1, 0.15) is 17.0 Å². The van der Waals surface area contributed by atoms with Gasteiger partial charge in [0, 0.05) is 23.1 Å². The molecule has 2 rings (SSSR count). The predicted molar refractivity (Wildman–Crippen MR) is 80.1 cm³/mol. The molecule has 0 saturated carbocycles. The van der Waals surface area contributed by atoms with Crippen molar-refractivity contribution in [3.05, 3.63) is 48.4 Å². The summed E-state index contributed by atoms with van der Waals surface area (Å²) in [4.78, 5) is 23.3. The van der Waals surface area contributed by atoms with Gasteiger partial charge in [-0.05, 0) is 30.3 Å². The van der Waals surface area contributed by atoms with E-state index in [1.165, 1.54) is 6.26 Å². The number of carbonyl (C=O) groups excluding carboxylic acids is 2. The summed E-state index contributed by atoms with van der Waals surface area (Å²) in [5.74, 6) is -0.186. The van der Waals surface area contributed by atoms with Gasteiger partial charge in [0.25, 0.3) is 5.91 Å². The van der Waals surface area contributed by atoms with E-state index >= 15 is 0 Å². The van der Waals surface area contributed by atoms with E-state index in [0.29, 0.717) is 23.1 Å². The number of rotatable bonds is 5. The highest BCUT2D eigenvalue weighted by Crippen LogP contribution is 2.16. The Balaban J connectivity index is 2.02. The van der Waals surface area contributed by atoms with Crippen molar-refractivity contribution in [2.24, 2.45) is 0 Å². The van der Waals surface area contributed by atoms with Crippen LogP contribution in [0.3, 0.4) is 0 Å². The quantitative estimate of drug-likeness (QED) is 0.823. The van der Waals surface area contributed by atoms with Crippen LogP contribution in [0.5, 0.6) is 0 Å². The lowest BCUT2D eigenvalue weighted by Gasteiger charge is -2.07. The third-order valence-corrected chi connectivity index (χ3v) is 2.87. The van der Waals surface area contributed by atoms with Crippen molar-refractivity contribution in [3.63, 3.8) is 0 Å². The summed E-state index contributed by atoms with van der Waals surface area (Å²) in [6, 6.07) is 10.2. The fourth-order valence-electron chi connectivity index (χ4n) is 1.58. The molecule has 0 aliphatic heterocycles. The van der Waals surface area contributed by atoms with Crippen molar-refractivity contribution in [2.75, 3.05) is 16.0 Å². The second-order valence-corrected chi connectivity index (χ2v) is 4.79. The molecule has 1 heterocycles. The van der Waals surface area contributed by atoms with Crippen molar-refractivity contribution < 1.29 is 14.0 Å². The van der Waals surface area contributed by atoms with Crippen molar-refractivity contribution in [3.8, 4) is 0 Å². The highest BCUT2D eigenvalue weighted by Gasteiger charge is 2.09. The zero-order valence-electron chi connectivity index (χ0n) is 10.6. The van der Waals surface area contributed by atoms with E-state index in [0.717, 1.165) is 0 Å². The smallest absolute Gasteiger partial charge is 0.291 e. The number of halogens is 1. The minimum absolute atomic E-state index is 0.0867. The largest absolute Gasteiger partial charge is 0.459 e. The summed E-state index contributed by atoms with van der Waals surface area (Å²) in [5, 5.41) is 6.05. The first-order valence-electron chi connectivity index (χ1n) is 6.00. The minimum Gasteiger partial charge on any atom is -0.459 e. The van der Waals surface area contributed by atoms with Crippen LogP contribution >= 0.6 is 15.9 Å². The molecule has 0 radical (unpaired) electrons. The van der Waals surface area contributed by atoms with Gasteiger partial charge in [-0.2, -0.15) is 0 Å². The lowest BCUT2D eigenvalue weighted by atomic mass is 10.2. The molecule has 20 heavy (non-hydrogen) atoms. The maximum atomic E-state index is 11.8. The molecule has 0 bridgehead atoms. The summed E-state index contributed by atoms with van der Waals surface area (Å²) >= 11 is 3.20. The van der Waals surface area contributed by atoms with Crippen molar-refractivity contribution in [2.45, 2.75) is 6.42 Å². The molecule has 2 aromatic rings. The molecule has 6 heteroatoms. The van der Waals surface area contributed by atoms with Gasteiger partial charge in [-0.15, -0.1) is 0 Å². The lowest BCUT2D eigenvalue weighted by Crippen LogP contribution is -2.13. The van der Waals surface area contributed by atoms with Gasteiger partial charge in [-0.3, -0.25) is 9.59 Å². The zero-order chi connectivity index (χ0) is 14.4. The Labute approximate surface area is 124 Å². The van der Waals surface area contributed by atoms with Gasteiger partial charge in [0.2, 0.25) is 5.91 Å². The number of amides is 2. The Morgan fingerprint density at radius 1 is 1.10 bits per heavy atom. The molecule has 1 aromatic heterocycles. The van der Waals surface area contributed by atoms with Crippen LogP contribution in [-0.4, -0.2) is 17.1 Å². The molecular weight excluding hydrogens is 324 g/mol. The Bertz CT molecular complexity index is 596. The lowest BCUT2D eigenvalue weighted by molar-refractivity contribution is -0.115. The minimum atomic E-state index is -0.334. The van der Waals surface area contributed by atoms with E-state index < -0.39 is 0 Å². The third-order valence-electron chi connectivity index (χ3n) is 2.47. The topological polar surface area (TPSA) is 71.3 Å². The number of benzene rings is 1. The number of anilines is 2. The van der Waals surface area contributed by atoms with Crippen molar-refractivity contribution in [1.82, 2.24) is 0 Å². The highest BCUT2D eigenvalue weighted by molar-refractivity contribution is 9.09. The number of alkyl halides is 1. The van der Waals surface area contributed by atoms with Gasteiger partial charge >= 0.3 is 0 Å². The maximum Gasteiger partial charge on any atom is 0.291 e. The molecule has 0 saturated heterocycles. The second kappa shape index (κ2) is 6.91. The molecular formula is C14H13BrN2O3. The van der Waals surface area contributed by atoms with Crippen LogP contribution < -0.4 is 10.6 Å². The van der Waals surface area contributed by atoms with E-state index in [-0.39, 0.29) is 17.6 Å². The van der Waals surface area contributed by atoms with E-state index in [1.54, 1.807) is 36.4 Å². The van der Waals surface area contributed by atoms with Crippen LogP contribution in [0, 0.1) is 0 Å². The van der Waals surface area contributed by atoms with Gasteiger partial charge in [-0.1, -0.05) is 22.0 Å². The summed E-state index contributed by atoms with van der Waals surface area (Å²) in [5.41, 5.74) is 1.22. The van der Waals surface area contributed by atoms with Crippen LogP contribution in [0.4, 0.5) is 11.4 Å². The van der Waals surface area contributed by atoms with Crippen molar-refractivity contribution >= 4 is 39.1 Å². The molecule has 0 aliphatic rings. The molecule has 1 aromatic carbocycles. The van der Waals surface area contributed by atoms with E-state index in [9.17, 15) is 9.59 Å². The van der Waals surface area contributed by atoms with Crippen LogP contribution in [-0.2, 0) is 4.79 Å². The van der Waals surface area contributed by atoms with Crippen molar-refractivity contribution in [1.29, 1.82) is 0 Å². The monoisotopic (exact) mass is 336 g/mol. The number of hydrogen-bond donors (Lipinski definition) is 2. The maximum absolute atomic E-state index is 11.8. The second-order valence-electron chi connectivity index (χ2n) is 4.00. The summed E-state index contributed by atoms with van der Waals surface area (Å²) in [6.45, 7) is 0. The fraction of sp³-hybridized carbons (Fsp3) is 0.143. The van der Waals surface area contributed by atoms with E-state index in [4.69, 9.17) is 4.42 Å².